The second-order valence-corrected chi connectivity index (χ2v) is 6.42. The first-order valence-corrected chi connectivity index (χ1v) is 8.03. The maximum atomic E-state index is 11.1. The van der Waals surface area contributed by atoms with Gasteiger partial charge in [0.2, 0.25) is 0 Å². The van der Waals surface area contributed by atoms with Crippen molar-refractivity contribution in [3.05, 3.63) is 61.3 Å². The number of rotatable bonds is 1. The van der Waals surface area contributed by atoms with Crippen LogP contribution in [0, 0.1) is 0 Å². The molecular formula is C15H12Br2N4O2. The number of aromatic amines is 1. The van der Waals surface area contributed by atoms with E-state index in [1.807, 2.05) is 0 Å². The molecule has 3 N–H and O–H groups in total. The van der Waals surface area contributed by atoms with Crippen molar-refractivity contribution in [3.63, 3.8) is 0 Å². The molecule has 118 valence electrons. The van der Waals surface area contributed by atoms with Gasteiger partial charge in [0.1, 0.15) is 5.52 Å². The normalized spacial score (nSPS) is 10.0. The van der Waals surface area contributed by atoms with E-state index < -0.39 is 0 Å². The molecule has 0 aliphatic heterocycles. The fraction of sp³-hybridized carbons (Fsp3) is 0.0667. The first kappa shape index (κ1) is 17.3. The predicted octanol–water partition coefficient (Wildman–Crippen LogP) is 3.31. The number of nitrogens with one attached hydrogen (secondary N) is 1. The number of carbonyl (C=O) groups excluding carboxylic acids is 1. The highest BCUT2D eigenvalue weighted by Crippen LogP contribution is 2.18. The number of H-pyrrole nitrogens is 1. The lowest BCUT2D eigenvalue weighted by Crippen LogP contribution is -2.09. The molecule has 0 unspecified atom stereocenters. The van der Waals surface area contributed by atoms with E-state index >= 15 is 0 Å². The van der Waals surface area contributed by atoms with E-state index in [1.54, 1.807) is 36.4 Å². The van der Waals surface area contributed by atoms with Crippen molar-refractivity contribution >= 4 is 54.2 Å². The average molecular weight is 440 g/mol. The summed E-state index contributed by atoms with van der Waals surface area (Å²) in [4.78, 5) is 22.0. The topological polar surface area (TPSA) is 102 Å². The Labute approximate surface area is 148 Å². The molecule has 0 radical (unpaired) electrons. The van der Waals surface area contributed by atoms with Gasteiger partial charge >= 0.3 is 0 Å². The van der Waals surface area contributed by atoms with Crippen LogP contribution < -0.4 is 11.3 Å². The number of ketones is 1. The second-order valence-electron chi connectivity index (χ2n) is 4.59. The molecule has 0 aliphatic rings. The van der Waals surface area contributed by atoms with Gasteiger partial charge in [0.05, 0.1) is 5.39 Å². The number of halogens is 2. The molecule has 0 fully saturated rings. The Kier molecular flexibility index (Phi) is 5.62. The fourth-order valence-electron chi connectivity index (χ4n) is 1.82. The number of benzene rings is 2. The van der Waals surface area contributed by atoms with Crippen LogP contribution in [0.1, 0.15) is 17.3 Å². The molecule has 0 spiro atoms. The number of fused-ring (bicyclic) bond motifs is 1. The maximum Gasteiger partial charge on any atom is 0.275 e. The summed E-state index contributed by atoms with van der Waals surface area (Å²) in [6.45, 7) is 1.50. The number of hydrogen-bond donors (Lipinski definition) is 2. The summed E-state index contributed by atoms with van der Waals surface area (Å²) in [6, 6.07) is 10.5. The molecule has 23 heavy (non-hydrogen) atoms. The molecule has 0 saturated carbocycles. The molecule has 0 bridgehead atoms. The molecule has 1 aromatic heterocycles. The van der Waals surface area contributed by atoms with Crippen LogP contribution >= 0.6 is 31.9 Å². The summed E-state index contributed by atoms with van der Waals surface area (Å²) in [5.41, 5.74) is 7.04. The van der Waals surface area contributed by atoms with Crippen molar-refractivity contribution in [1.29, 1.82) is 0 Å². The van der Waals surface area contributed by atoms with Crippen molar-refractivity contribution in [3.8, 4) is 0 Å². The average Bonchev–Trinajstić information content (AvgIpc) is 2.47. The zero-order valence-electron chi connectivity index (χ0n) is 12.0. The van der Waals surface area contributed by atoms with Gasteiger partial charge in [-0.2, -0.15) is 0 Å². The minimum absolute atomic E-state index is 0.00463. The minimum Gasteiger partial charge on any atom is -0.398 e. The molecule has 8 heteroatoms. The number of Topliss-reactive ketones (excluding diaryl/α,β-unsaturated/α-hetero) is 1. The van der Waals surface area contributed by atoms with Crippen molar-refractivity contribution in [2.75, 3.05) is 5.73 Å². The van der Waals surface area contributed by atoms with E-state index in [1.165, 1.54) is 6.92 Å². The van der Waals surface area contributed by atoms with E-state index in [0.29, 0.717) is 22.2 Å². The Morgan fingerprint density at radius 2 is 1.78 bits per heavy atom. The Morgan fingerprint density at radius 3 is 2.43 bits per heavy atom. The SMILES string of the molecule is CC(=O)c1ccc(Br)cc1N.O=c1[nH]nnc2cc(Br)ccc12. The van der Waals surface area contributed by atoms with Crippen molar-refractivity contribution in [1.82, 2.24) is 15.4 Å². The molecule has 3 aromatic rings. The highest BCUT2D eigenvalue weighted by Gasteiger charge is 2.03. The van der Waals surface area contributed by atoms with Gasteiger partial charge < -0.3 is 5.73 Å². The zero-order valence-corrected chi connectivity index (χ0v) is 15.2. The van der Waals surface area contributed by atoms with Crippen LogP contribution in [0.25, 0.3) is 10.9 Å². The Hall–Kier alpha value is -2.06. The quantitative estimate of drug-likeness (QED) is 0.447. The second kappa shape index (κ2) is 7.47. The van der Waals surface area contributed by atoms with Crippen LogP contribution in [0.5, 0.6) is 0 Å². The fourth-order valence-corrected chi connectivity index (χ4v) is 2.55. The number of anilines is 1. The largest absolute Gasteiger partial charge is 0.398 e. The molecule has 0 amide bonds. The Balaban J connectivity index is 0.000000168. The number of aromatic nitrogens is 3. The summed E-state index contributed by atoms with van der Waals surface area (Å²) in [7, 11) is 0. The first-order chi connectivity index (χ1) is 10.9. The molecule has 1 heterocycles. The highest BCUT2D eigenvalue weighted by molar-refractivity contribution is 9.10. The van der Waals surface area contributed by atoms with Gasteiger partial charge in [0.25, 0.3) is 5.56 Å². The van der Waals surface area contributed by atoms with Crippen molar-refractivity contribution in [2.24, 2.45) is 0 Å². The standard InChI is InChI=1S/C8H8BrNO.C7H4BrN3O/c1-5(11)7-3-2-6(9)4-8(7)10;8-4-1-2-5-6(3-4)9-11-10-7(5)12/h2-4H,10H2,1H3;1-3H,(H,9,10,12). The van der Waals surface area contributed by atoms with E-state index in [9.17, 15) is 9.59 Å². The third-order valence-corrected chi connectivity index (χ3v) is 3.89. The van der Waals surface area contributed by atoms with Crippen molar-refractivity contribution in [2.45, 2.75) is 6.92 Å². The van der Waals surface area contributed by atoms with Gasteiger partial charge in [-0.15, -0.1) is 5.10 Å². The molecule has 0 atom stereocenters. The summed E-state index contributed by atoms with van der Waals surface area (Å²) in [6.07, 6.45) is 0. The van der Waals surface area contributed by atoms with Gasteiger partial charge in [-0.25, -0.2) is 5.10 Å². The number of hydrogen-bond acceptors (Lipinski definition) is 5. The van der Waals surface area contributed by atoms with E-state index in [2.05, 4.69) is 47.3 Å². The Morgan fingerprint density at radius 1 is 1.13 bits per heavy atom. The van der Waals surface area contributed by atoms with Gasteiger partial charge in [-0.3, -0.25) is 9.59 Å². The van der Waals surface area contributed by atoms with Crippen LogP contribution in [0.3, 0.4) is 0 Å². The van der Waals surface area contributed by atoms with E-state index in [0.717, 1.165) is 8.95 Å². The lowest BCUT2D eigenvalue weighted by molar-refractivity contribution is 0.101. The number of carbonyl (C=O) groups is 1. The lowest BCUT2D eigenvalue weighted by Gasteiger charge is -2.00. The molecule has 2 aromatic carbocycles. The number of nitrogens with zero attached hydrogens (tertiary/aromatic N) is 2. The monoisotopic (exact) mass is 438 g/mol. The maximum absolute atomic E-state index is 11.1. The van der Waals surface area contributed by atoms with Crippen LogP contribution in [0.15, 0.2) is 50.1 Å². The zero-order chi connectivity index (χ0) is 17.0. The summed E-state index contributed by atoms with van der Waals surface area (Å²) in [5, 5.41) is 10.0. The number of nitrogens with two attached hydrogens (primary N) is 1. The van der Waals surface area contributed by atoms with Crippen LogP contribution in [0.2, 0.25) is 0 Å². The third-order valence-electron chi connectivity index (χ3n) is 2.91. The van der Waals surface area contributed by atoms with Gasteiger partial charge in [-0.05, 0) is 43.3 Å². The van der Waals surface area contributed by atoms with E-state index in [-0.39, 0.29) is 11.3 Å². The molecule has 6 nitrogen and oxygen atoms in total. The Bertz CT molecular complexity index is 925. The number of nitrogen functional groups attached to an aromatic ring is 1. The van der Waals surface area contributed by atoms with Gasteiger partial charge in [-0.1, -0.05) is 37.1 Å². The minimum atomic E-state index is -0.215. The van der Waals surface area contributed by atoms with Gasteiger partial charge in [0.15, 0.2) is 5.78 Å². The van der Waals surface area contributed by atoms with E-state index in [4.69, 9.17) is 5.73 Å². The summed E-state index contributed by atoms with van der Waals surface area (Å²) < 4.78 is 1.77. The highest BCUT2D eigenvalue weighted by atomic mass is 79.9. The van der Waals surface area contributed by atoms with Crippen LogP contribution in [0.4, 0.5) is 5.69 Å². The van der Waals surface area contributed by atoms with Crippen molar-refractivity contribution < 1.29 is 4.79 Å². The smallest absolute Gasteiger partial charge is 0.275 e. The molecule has 0 saturated heterocycles. The molecule has 0 aliphatic carbocycles. The predicted molar refractivity (Wildman–Crippen MR) is 96.4 cm³/mol. The van der Waals surface area contributed by atoms with Gasteiger partial charge in [0, 0.05) is 20.2 Å². The van der Waals surface area contributed by atoms with Crippen LogP contribution in [-0.2, 0) is 0 Å². The summed E-state index contributed by atoms with van der Waals surface area (Å²) in [5.74, 6) is -0.00463. The first-order valence-electron chi connectivity index (χ1n) is 6.45. The third kappa shape index (κ3) is 4.46. The van der Waals surface area contributed by atoms with Crippen LogP contribution in [-0.4, -0.2) is 21.2 Å². The lowest BCUT2D eigenvalue weighted by atomic mass is 10.1. The molecule has 3 rings (SSSR count). The summed E-state index contributed by atoms with van der Waals surface area (Å²) >= 11 is 6.53. The molecular weight excluding hydrogens is 428 g/mol.